The monoisotopic (exact) mass is 317 g/mol. The molecule has 0 bridgehead atoms. The Morgan fingerprint density at radius 1 is 1.52 bits per heavy atom. The molecule has 1 atom stereocenters. The number of hydrogen-bond donors (Lipinski definition) is 1. The molecule has 1 fully saturated rings. The van der Waals surface area contributed by atoms with Gasteiger partial charge in [0.05, 0.1) is 4.92 Å². The van der Waals surface area contributed by atoms with Gasteiger partial charge in [-0.3, -0.25) is 10.1 Å². The Kier molecular flexibility index (Phi) is 4.55. The van der Waals surface area contributed by atoms with Gasteiger partial charge in [0.2, 0.25) is 10.0 Å². The van der Waals surface area contributed by atoms with E-state index in [9.17, 15) is 22.9 Å². The van der Waals surface area contributed by atoms with E-state index in [1.807, 2.05) is 0 Å². The predicted octanol–water partition coefficient (Wildman–Crippen LogP) is 1.11. The molecule has 9 heteroatoms. The first-order valence-electron chi connectivity index (χ1n) is 6.48. The maximum absolute atomic E-state index is 13.9. The quantitative estimate of drug-likeness (QED) is 0.648. The number of rotatable bonds is 5. The van der Waals surface area contributed by atoms with E-state index in [0.29, 0.717) is 19.4 Å². The lowest BCUT2D eigenvalue weighted by atomic mass is 10.2. The molecule has 2 rings (SSSR count). The summed E-state index contributed by atoms with van der Waals surface area (Å²) in [5.41, 5.74) is -0.445. The highest BCUT2D eigenvalue weighted by molar-refractivity contribution is 7.89. The average molecular weight is 317 g/mol. The molecule has 1 N–H and O–H groups in total. The summed E-state index contributed by atoms with van der Waals surface area (Å²) >= 11 is 0. The van der Waals surface area contributed by atoms with Gasteiger partial charge in [-0.05, 0) is 26.0 Å². The number of sulfonamides is 1. The molecule has 1 saturated heterocycles. The minimum absolute atomic E-state index is 0.265. The smallest absolute Gasteiger partial charge is 0.270 e. The predicted molar refractivity (Wildman–Crippen MR) is 73.9 cm³/mol. The minimum Gasteiger partial charge on any atom is -0.318 e. The summed E-state index contributed by atoms with van der Waals surface area (Å²) in [5.74, 6) is -0.976. The van der Waals surface area contributed by atoms with Crippen molar-refractivity contribution >= 4 is 15.7 Å². The molecule has 116 valence electrons. The van der Waals surface area contributed by atoms with E-state index in [-0.39, 0.29) is 12.6 Å². The van der Waals surface area contributed by atoms with Crippen molar-refractivity contribution in [3.8, 4) is 0 Å². The summed E-state index contributed by atoms with van der Waals surface area (Å²) in [6.45, 7) is 0.743. The van der Waals surface area contributed by atoms with Crippen LogP contribution >= 0.6 is 0 Å². The molecule has 0 spiro atoms. The number of nitro groups is 1. The number of likely N-dealkylation sites (N-methyl/N-ethyl adjacent to an activating group) is 1. The van der Waals surface area contributed by atoms with Crippen molar-refractivity contribution in [2.24, 2.45) is 0 Å². The van der Waals surface area contributed by atoms with Crippen LogP contribution in [0.5, 0.6) is 0 Å². The van der Waals surface area contributed by atoms with Crippen LogP contribution in [0.4, 0.5) is 10.1 Å². The van der Waals surface area contributed by atoms with Crippen LogP contribution in [-0.4, -0.2) is 43.8 Å². The van der Waals surface area contributed by atoms with E-state index >= 15 is 0 Å². The zero-order valence-corrected chi connectivity index (χ0v) is 12.3. The molecule has 1 aliphatic rings. The van der Waals surface area contributed by atoms with E-state index < -0.39 is 31.3 Å². The fraction of sp³-hybridized carbons (Fsp3) is 0.500. The van der Waals surface area contributed by atoms with E-state index in [1.165, 1.54) is 4.31 Å². The second-order valence-electron chi connectivity index (χ2n) is 4.84. The Bertz CT molecular complexity index is 650. The third kappa shape index (κ3) is 3.04. The van der Waals surface area contributed by atoms with Gasteiger partial charge in [-0.1, -0.05) is 0 Å². The first-order chi connectivity index (χ1) is 9.87. The second kappa shape index (κ2) is 6.04. The maximum Gasteiger partial charge on any atom is 0.270 e. The zero-order valence-electron chi connectivity index (χ0n) is 11.5. The number of nitrogens with one attached hydrogen (secondary N) is 1. The van der Waals surface area contributed by atoms with Crippen molar-refractivity contribution in [3.63, 3.8) is 0 Å². The Balaban J connectivity index is 2.44. The number of nitrogens with zero attached hydrogens (tertiary/aromatic N) is 2. The third-order valence-electron chi connectivity index (χ3n) is 3.48. The number of benzene rings is 1. The van der Waals surface area contributed by atoms with E-state index in [2.05, 4.69) is 5.32 Å². The summed E-state index contributed by atoms with van der Waals surface area (Å²) in [6.07, 6.45) is 1.36. The van der Waals surface area contributed by atoms with Crippen LogP contribution in [0.25, 0.3) is 0 Å². The highest BCUT2D eigenvalue weighted by Gasteiger charge is 2.37. The van der Waals surface area contributed by atoms with Crippen molar-refractivity contribution in [1.82, 2.24) is 9.62 Å². The van der Waals surface area contributed by atoms with Crippen molar-refractivity contribution in [3.05, 3.63) is 34.1 Å². The van der Waals surface area contributed by atoms with Gasteiger partial charge in [-0.2, -0.15) is 4.31 Å². The van der Waals surface area contributed by atoms with Crippen molar-refractivity contribution < 1.29 is 17.7 Å². The molecule has 0 amide bonds. The number of halogens is 1. The van der Waals surface area contributed by atoms with Gasteiger partial charge in [0.1, 0.15) is 10.7 Å². The average Bonchev–Trinajstić information content (AvgIpc) is 2.88. The van der Waals surface area contributed by atoms with Crippen LogP contribution in [0.2, 0.25) is 0 Å². The van der Waals surface area contributed by atoms with Crippen LogP contribution < -0.4 is 5.32 Å². The first-order valence-corrected chi connectivity index (χ1v) is 7.92. The van der Waals surface area contributed by atoms with Crippen LogP contribution in [-0.2, 0) is 10.0 Å². The molecule has 1 unspecified atom stereocenters. The van der Waals surface area contributed by atoms with E-state index in [1.54, 1.807) is 7.05 Å². The maximum atomic E-state index is 13.9. The minimum atomic E-state index is -4.08. The van der Waals surface area contributed by atoms with Crippen molar-refractivity contribution in [2.75, 3.05) is 20.1 Å². The molecule has 7 nitrogen and oxygen atoms in total. The largest absolute Gasteiger partial charge is 0.318 e. The Labute approximate surface area is 122 Å². The second-order valence-corrected chi connectivity index (χ2v) is 6.70. The fourth-order valence-electron chi connectivity index (χ4n) is 2.49. The lowest BCUT2D eigenvalue weighted by molar-refractivity contribution is -0.385. The lowest BCUT2D eigenvalue weighted by Crippen LogP contribution is -2.41. The summed E-state index contributed by atoms with van der Waals surface area (Å²) < 4.78 is 40.2. The Hall–Kier alpha value is -1.58. The molecule has 1 heterocycles. The first kappa shape index (κ1) is 15.8. The molecule has 0 saturated carbocycles. The van der Waals surface area contributed by atoms with Crippen molar-refractivity contribution in [1.29, 1.82) is 0 Å². The standard InChI is InChI=1S/C12H16FN3O4S/c1-14-8-10-3-2-6-15(10)21(19,20)12-7-9(16(17)18)4-5-11(12)13/h4-5,7,10,14H,2-3,6,8H2,1H3. The fourth-order valence-corrected chi connectivity index (χ4v) is 4.27. The Morgan fingerprint density at radius 2 is 2.24 bits per heavy atom. The Morgan fingerprint density at radius 3 is 2.86 bits per heavy atom. The van der Waals surface area contributed by atoms with Gasteiger partial charge >= 0.3 is 0 Å². The van der Waals surface area contributed by atoms with Gasteiger partial charge in [0.25, 0.3) is 5.69 Å². The van der Waals surface area contributed by atoms with E-state index in [0.717, 1.165) is 18.2 Å². The molecule has 1 aliphatic heterocycles. The normalized spacial score (nSPS) is 19.8. The van der Waals surface area contributed by atoms with Crippen molar-refractivity contribution in [2.45, 2.75) is 23.8 Å². The van der Waals surface area contributed by atoms with Crippen LogP contribution in [0.3, 0.4) is 0 Å². The zero-order chi connectivity index (χ0) is 15.6. The summed E-state index contributed by atoms with van der Waals surface area (Å²) in [5, 5.41) is 13.6. The van der Waals surface area contributed by atoms with Crippen LogP contribution in [0.1, 0.15) is 12.8 Å². The van der Waals surface area contributed by atoms with Gasteiger partial charge in [0, 0.05) is 31.3 Å². The molecular formula is C12H16FN3O4S. The number of hydrogen-bond acceptors (Lipinski definition) is 5. The SMILES string of the molecule is CNCC1CCCN1S(=O)(=O)c1cc([N+](=O)[O-])ccc1F. The lowest BCUT2D eigenvalue weighted by Gasteiger charge is -2.23. The molecular weight excluding hydrogens is 301 g/mol. The summed E-state index contributed by atoms with van der Waals surface area (Å²) in [6, 6.07) is 2.27. The highest BCUT2D eigenvalue weighted by Crippen LogP contribution is 2.29. The number of nitro benzene ring substituents is 1. The van der Waals surface area contributed by atoms with Crippen LogP contribution in [0.15, 0.2) is 23.1 Å². The summed E-state index contributed by atoms with van der Waals surface area (Å²) in [7, 11) is -2.38. The van der Waals surface area contributed by atoms with Gasteiger partial charge in [0.15, 0.2) is 0 Å². The summed E-state index contributed by atoms with van der Waals surface area (Å²) in [4.78, 5) is 9.36. The van der Waals surface area contributed by atoms with Gasteiger partial charge in [-0.15, -0.1) is 0 Å². The van der Waals surface area contributed by atoms with Gasteiger partial charge in [-0.25, -0.2) is 12.8 Å². The molecule has 0 radical (unpaired) electrons. The molecule has 1 aromatic carbocycles. The molecule has 0 aromatic heterocycles. The molecule has 21 heavy (non-hydrogen) atoms. The topological polar surface area (TPSA) is 92.6 Å². The number of non-ortho nitro benzene ring substituents is 1. The van der Waals surface area contributed by atoms with Gasteiger partial charge < -0.3 is 5.32 Å². The molecule has 1 aromatic rings. The van der Waals surface area contributed by atoms with Crippen LogP contribution in [0, 0.1) is 15.9 Å². The highest BCUT2D eigenvalue weighted by atomic mass is 32.2. The van der Waals surface area contributed by atoms with E-state index in [4.69, 9.17) is 0 Å². The molecule has 0 aliphatic carbocycles. The third-order valence-corrected chi connectivity index (χ3v) is 5.44.